The molecule has 5 nitrogen and oxygen atoms in total. The van der Waals surface area contributed by atoms with Gasteiger partial charge in [0.25, 0.3) is 0 Å². The SMILES string of the molecule is CC(O)C(O)C(C)c1ccc(OCc2ccccc2)cc1C1=NC(C)(C)CO1. The van der Waals surface area contributed by atoms with Gasteiger partial charge < -0.3 is 19.7 Å². The molecule has 0 saturated carbocycles. The Morgan fingerprint density at radius 2 is 1.82 bits per heavy atom. The maximum Gasteiger partial charge on any atom is 0.217 e. The smallest absolute Gasteiger partial charge is 0.217 e. The van der Waals surface area contributed by atoms with E-state index in [2.05, 4.69) is 0 Å². The zero-order valence-corrected chi connectivity index (χ0v) is 16.9. The minimum Gasteiger partial charge on any atom is -0.489 e. The van der Waals surface area contributed by atoms with E-state index in [0.29, 0.717) is 24.9 Å². The van der Waals surface area contributed by atoms with Crippen molar-refractivity contribution in [2.45, 2.75) is 58.0 Å². The second-order valence-corrected chi connectivity index (χ2v) is 8.06. The van der Waals surface area contributed by atoms with Gasteiger partial charge in [0, 0.05) is 11.5 Å². The summed E-state index contributed by atoms with van der Waals surface area (Å²) in [6, 6.07) is 15.7. The summed E-state index contributed by atoms with van der Waals surface area (Å²) in [5.41, 5.74) is 2.46. The van der Waals surface area contributed by atoms with Gasteiger partial charge in [0.15, 0.2) is 0 Å². The summed E-state index contributed by atoms with van der Waals surface area (Å²) in [4.78, 5) is 4.69. The molecule has 3 atom stereocenters. The predicted molar refractivity (Wildman–Crippen MR) is 110 cm³/mol. The minimum atomic E-state index is -0.884. The van der Waals surface area contributed by atoms with Crippen LogP contribution >= 0.6 is 0 Å². The fraction of sp³-hybridized carbons (Fsp3) is 0.435. The highest BCUT2D eigenvalue weighted by molar-refractivity contribution is 5.97. The molecule has 0 amide bonds. The van der Waals surface area contributed by atoms with Crippen molar-refractivity contribution in [3.63, 3.8) is 0 Å². The van der Waals surface area contributed by atoms with Crippen LogP contribution in [0.1, 0.15) is 50.3 Å². The highest BCUT2D eigenvalue weighted by Crippen LogP contribution is 2.32. The zero-order valence-electron chi connectivity index (χ0n) is 16.9. The quantitative estimate of drug-likeness (QED) is 0.765. The van der Waals surface area contributed by atoms with E-state index in [-0.39, 0.29) is 11.5 Å². The standard InChI is InChI=1S/C23H29NO4/c1-15(21(26)16(2)25)19-11-10-18(27-13-17-8-6-5-7-9-17)12-20(19)22-24-23(3,4)14-28-22/h5-12,15-16,21,25-26H,13-14H2,1-4H3. The van der Waals surface area contributed by atoms with Crippen LogP contribution in [0.15, 0.2) is 53.5 Å². The predicted octanol–water partition coefficient (Wildman–Crippen LogP) is 3.67. The van der Waals surface area contributed by atoms with Crippen LogP contribution in [0.2, 0.25) is 0 Å². The van der Waals surface area contributed by atoms with Crippen molar-refractivity contribution in [3.05, 3.63) is 65.2 Å². The Kier molecular flexibility index (Phi) is 6.06. The van der Waals surface area contributed by atoms with Crippen molar-refractivity contribution in [2.24, 2.45) is 4.99 Å². The van der Waals surface area contributed by atoms with Crippen molar-refractivity contribution in [1.82, 2.24) is 0 Å². The van der Waals surface area contributed by atoms with Gasteiger partial charge in [-0.15, -0.1) is 0 Å². The molecular formula is C23H29NO4. The number of hydrogen-bond acceptors (Lipinski definition) is 5. The summed E-state index contributed by atoms with van der Waals surface area (Å²) in [7, 11) is 0. The fourth-order valence-electron chi connectivity index (χ4n) is 3.27. The van der Waals surface area contributed by atoms with Crippen LogP contribution in [0.5, 0.6) is 5.75 Å². The van der Waals surface area contributed by atoms with Crippen LogP contribution in [0.4, 0.5) is 0 Å². The van der Waals surface area contributed by atoms with Gasteiger partial charge in [-0.3, -0.25) is 0 Å². The second kappa shape index (κ2) is 8.33. The molecule has 0 spiro atoms. The minimum absolute atomic E-state index is 0.284. The summed E-state index contributed by atoms with van der Waals surface area (Å²) in [6.07, 6.45) is -1.72. The Bertz CT molecular complexity index is 830. The van der Waals surface area contributed by atoms with Crippen LogP contribution in [-0.2, 0) is 11.3 Å². The average molecular weight is 383 g/mol. The molecule has 0 radical (unpaired) electrons. The molecule has 1 heterocycles. The molecule has 150 valence electrons. The summed E-state index contributed by atoms with van der Waals surface area (Å²) >= 11 is 0. The van der Waals surface area contributed by atoms with E-state index >= 15 is 0 Å². The monoisotopic (exact) mass is 383 g/mol. The molecule has 1 aliphatic rings. The molecule has 0 aliphatic carbocycles. The molecule has 0 fully saturated rings. The van der Waals surface area contributed by atoms with Crippen LogP contribution in [0.3, 0.4) is 0 Å². The highest BCUT2D eigenvalue weighted by Gasteiger charge is 2.31. The molecule has 28 heavy (non-hydrogen) atoms. The van der Waals surface area contributed by atoms with Crippen molar-refractivity contribution in [3.8, 4) is 5.75 Å². The Morgan fingerprint density at radius 3 is 2.43 bits per heavy atom. The number of aliphatic hydroxyl groups excluding tert-OH is 2. The molecule has 2 N–H and O–H groups in total. The Hall–Kier alpha value is -2.37. The Balaban J connectivity index is 1.92. The summed E-state index contributed by atoms with van der Waals surface area (Å²) < 4.78 is 11.8. The molecular weight excluding hydrogens is 354 g/mol. The van der Waals surface area contributed by atoms with E-state index in [1.54, 1.807) is 6.92 Å². The van der Waals surface area contributed by atoms with Crippen LogP contribution in [-0.4, -0.2) is 40.5 Å². The Labute approximate surface area is 166 Å². The summed E-state index contributed by atoms with van der Waals surface area (Å²) in [6.45, 7) is 8.48. The third-order valence-corrected chi connectivity index (χ3v) is 4.97. The van der Waals surface area contributed by atoms with E-state index < -0.39 is 12.2 Å². The van der Waals surface area contributed by atoms with Gasteiger partial charge in [0.2, 0.25) is 5.90 Å². The maximum absolute atomic E-state index is 10.4. The number of aliphatic imine (C=N–C) groups is 1. The topological polar surface area (TPSA) is 71.3 Å². The maximum atomic E-state index is 10.4. The summed E-state index contributed by atoms with van der Waals surface area (Å²) in [5.74, 6) is 0.973. The van der Waals surface area contributed by atoms with Gasteiger partial charge in [0.05, 0.1) is 17.7 Å². The van der Waals surface area contributed by atoms with Crippen molar-refractivity contribution in [1.29, 1.82) is 0 Å². The van der Waals surface area contributed by atoms with Gasteiger partial charge in [-0.25, -0.2) is 4.99 Å². The number of aliphatic hydroxyl groups is 2. The van der Waals surface area contributed by atoms with E-state index in [9.17, 15) is 10.2 Å². The van der Waals surface area contributed by atoms with E-state index in [4.69, 9.17) is 14.5 Å². The number of hydrogen-bond donors (Lipinski definition) is 2. The normalized spacial score (nSPS) is 18.7. The molecule has 0 aromatic heterocycles. The van der Waals surface area contributed by atoms with Crippen molar-refractivity contribution >= 4 is 5.90 Å². The molecule has 0 saturated heterocycles. The first kappa shape index (κ1) is 20.4. The first-order valence-corrected chi connectivity index (χ1v) is 9.67. The van der Waals surface area contributed by atoms with Crippen LogP contribution in [0.25, 0.3) is 0 Å². The molecule has 0 bridgehead atoms. The highest BCUT2D eigenvalue weighted by atomic mass is 16.5. The van der Waals surface area contributed by atoms with Gasteiger partial charge in [-0.2, -0.15) is 0 Å². The second-order valence-electron chi connectivity index (χ2n) is 8.06. The summed E-state index contributed by atoms with van der Waals surface area (Å²) in [5, 5.41) is 20.2. The van der Waals surface area contributed by atoms with Crippen molar-refractivity contribution in [2.75, 3.05) is 6.61 Å². The van der Waals surface area contributed by atoms with Crippen molar-refractivity contribution < 1.29 is 19.7 Å². The number of rotatable bonds is 7. The molecule has 1 aliphatic heterocycles. The van der Waals surface area contributed by atoms with E-state index in [1.165, 1.54) is 0 Å². The molecule has 5 heteroatoms. The molecule has 2 aromatic carbocycles. The average Bonchev–Trinajstić information content (AvgIpc) is 3.05. The number of benzene rings is 2. The van der Waals surface area contributed by atoms with Gasteiger partial charge in [0.1, 0.15) is 19.0 Å². The van der Waals surface area contributed by atoms with Gasteiger partial charge in [-0.1, -0.05) is 43.3 Å². The first-order chi connectivity index (χ1) is 13.3. The molecule has 3 unspecified atom stereocenters. The Morgan fingerprint density at radius 1 is 1.11 bits per heavy atom. The molecule has 3 rings (SSSR count). The lowest BCUT2D eigenvalue weighted by molar-refractivity contribution is 0.0171. The number of ether oxygens (including phenoxy) is 2. The lowest BCUT2D eigenvalue weighted by Crippen LogP contribution is -2.29. The first-order valence-electron chi connectivity index (χ1n) is 9.67. The lowest BCUT2D eigenvalue weighted by Gasteiger charge is -2.24. The number of nitrogens with zero attached hydrogens (tertiary/aromatic N) is 1. The van der Waals surface area contributed by atoms with E-state index in [1.807, 2.05) is 69.3 Å². The fourth-order valence-corrected chi connectivity index (χ4v) is 3.27. The third kappa shape index (κ3) is 4.72. The largest absolute Gasteiger partial charge is 0.489 e. The van der Waals surface area contributed by atoms with Crippen LogP contribution < -0.4 is 4.74 Å². The van der Waals surface area contributed by atoms with E-state index in [0.717, 1.165) is 16.7 Å². The lowest BCUT2D eigenvalue weighted by atomic mass is 9.89. The zero-order chi connectivity index (χ0) is 20.3. The van der Waals surface area contributed by atoms with Gasteiger partial charge >= 0.3 is 0 Å². The van der Waals surface area contributed by atoms with Gasteiger partial charge in [-0.05, 0) is 44.0 Å². The van der Waals surface area contributed by atoms with Crippen LogP contribution in [0, 0.1) is 0 Å². The third-order valence-electron chi connectivity index (χ3n) is 4.97. The molecule has 2 aromatic rings.